The molecule has 0 aliphatic heterocycles. The van der Waals surface area contributed by atoms with Crippen molar-refractivity contribution in [3.8, 4) is 0 Å². The third kappa shape index (κ3) is 3.06. The lowest BCUT2D eigenvalue weighted by Crippen LogP contribution is -1.99. The molecule has 1 N–H and O–H groups in total. The van der Waals surface area contributed by atoms with Crippen LogP contribution in [-0.4, -0.2) is 9.78 Å². The van der Waals surface area contributed by atoms with Gasteiger partial charge in [0.15, 0.2) is 0 Å². The number of halogens is 2. The molecule has 5 heteroatoms. The third-order valence-corrected chi connectivity index (χ3v) is 2.66. The number of alkyl halides is 2. The van der Waals surface area contributed by atoms with E-state index in [-0.39, 0.29) is 5.56 Å². The summed E-state index contributed by atoms with van der Waals surface area (Å²) in [6.07, 6.45) is 1.19. The number of benzene rings is 1. The monoisotopic (exact) mass is 251 g/mol. The van der Waals surface area contributed by atoms with E-state index in [0.717, 1.165) is 17.8 Å². The molecule has 3 nitrogen and oxygen atoms in total. The molecule has 0 saturated heterocycles. The molecule has 0 radical (unpaired) electrons. The van der Waals surface area contributed by atoms with E-state index in [1.54, 1.807) is 16.9 Å². The van der Waals surface area contributed by atoms with Crippen molar-refractivity contribution in [2.75, 3.05) is 5.32 Å². The first-order valence-corrected chi connectivity index (χ1v) is 5.82. The summed E-state index contributed by atoms with van der Waals surface area (Å²) in [6.45, 7) is 3.32. The van der Waals surface area contributed by atoms with Gasteiger partial charge in [-0.3, -0.25) is 4.68 Å². The first-order chi connectivity index (χ1) is 8.69. The maximum Gasteiger partial charge on any atom is 0.263 e. The molecule has 0 bridgehead atoms. The van der Waals surface area contributed by atoms with Crippen molar-refractivity contribution in [1.82, 2.24) is 9.78 Å². The Morgan fingerprint density at radius 1 is 1.39 bits per heavy atom. The normalized spacial score (nSPS) is 10.9. The zero-order valence-corrected chi connectivity index (χ0v) is 10.1. The molecule has 0 spiro atoms. The minimum Gasteiger partial charge on any atom is -0.378 e. The molecule has 2 rings (SSSR count). The zero-order chi connectivity index (χ0) is 13.0. The molecule has 0 aliphatic rings. The fourth-order valence-corrected chi connectivity index (χ4v) is 1.67. The van der Waals surface area contributed by atoms with Gasteiger partial charge in [0.25, 0.3) is 6.43 Å². The van der Waals surface area contributed by atoms with Crippen LogP contribution in [0.4, 0.5) is 14.5 Å². The molecule has 0 fully saturated rings. The van der Waals surface area contributed by atoms with Gasteiger partial charge in [0.2, 0.25) is 0 Å². The lowest BCUT2D eigenvalue weighted by Gasteiger charge is -2.06. The molecule has 0 saturated carbocycles. The van der Waals surface area contributed by atoms with Crippen LogP contribution in [0.25, 0.3) is 0 Å². The summed E-state index contributed by atoms with van der Waals surface area (Å²) in [5.41, 5.74) is 1.77. The Kier molecular flexibility index (Phi) is 3.92. The minimum absolute atomic E-state index is 0.0542. The van der Waals surface area contributed by atoms with Crippen LogP contribution >= 0.6 is 0 Å². The second-order valence-electron chi connectivity index (χ2n) is 3.98. The van der Waals surface area contributed by atoms with E-state index in [1.165, 1.54) is 12.1 Å². The maximum absolute atomic E-state index is 12.5. The van der Waals surface area contributed by atoms with E-state index in [0.29, 0.717) is 6.54 Å². The van der Waals surface area contributed by atoms with Gasteiger partial charge in [-0.2, -0.15) is 5.10 Å². The number of nitrogens with zero attached hydrogens (tertiary/aromatic N) is 2. The molecular weight excluding hydrogens is 236 g/mol. The van der Waals surface area contributed by atoms with E-state index < -0.39 is 6.43 Å². The van der Waals surface area contributed by atoms with Gasteiger partial charge in [-0.05, 0) is 18.6 Å². The molecule has 0 aliphatic carbocycles. The van der Waals surface area contributed by atoms with Crippen LogP contribution in [0.3, 0.4) is 0 Å². The van der Waals surface area contributed by atoms with Crippen LogP contribution in [0.15, 0.2) is 36.7 Å². The van der Waals surface area contributed by atoms with Crippen molar-refractivity contribution in [2.24, 2.45) is 0 Å². The Morgan fingerprint density at radius 3 is 2.89 bits per heavy atom. The molecule has 0 atom stereocenters. The summed E-state index contributed by atoms with van der Waals surface area (Å²) < 4.78 is 26.9. The lowest BCUT2D eigenvalue weighted by molar-refractivity contribution is 0.151. The number of rotatable bonds is 5. The smallest absolute Gasteiger partial charge is 0.263 e. The molecule has 96 valence electrons. The Labute approximate surface area is 104 Å². The molecule has 18 heavy (non-hydrogen) atoms. The summed E-state index contributed by atoms with van der Waals surface area (Å²) >= 11 is 0. The molecule has 1 aromatic heterocycles. The molecule has 1 aromatic carbocycles. The summed E-state index contributed by atoms with van der Waals surface area (Å²) in [4.78, 5) is 0. The van der Waals surface area contributed by atoms with Crippen LogP contribution in [0.2, 0.25) is 0 Å². The van der Waals surface area contributed by atoms with Gasteiger partial charge in [-0.15, -0.1) is 0 Å². The Morgan fingerprint density at radius 2 is 2.22 bits per heavy atom. The molecule has 0 amide bonds. The Bertz CT molecular complexity index is 508. The summed E-state index contributed by atoms with van der Waals surface area (Å²) in [5.74, 6) is 0. The van der Waals surface area contributed by atoms with Crippen LogP contribution < -0.4 is 5.32 Å². The second-order valence-corrected chi connectivity index (χ2v) is 3.98. The summed E-state index contributed by atoms with van der Waals surface area (Å²) in [7, 11) is 0. The highest BCUT2D eigenvalue weighted by molar-refractivity contribution is 5.39. The quantitative estimate of drug-likeness (QED) is 0.882. The highest BCUT2D eigenvalue weighted by Gasteiger charge is 2.06. The van der Waals surface area contributed by atoms with E-state index in [9.17, 15) is 8.78 Å². The Balaban J connectivity index is 1.99. The van der Waals surface area contributed by atoms with Crippen molar-refractivity contribution < 1.29 is 8.78 Å². The SMILES string of the molecule is CCn1cc(NCc2cccc(C(F)F)c2)cn1. The second kappa shape index (κ2) is 5.62. The molecule has 2 aromatic rings. The van der Waals surface area contributed by atoms with E-state index in [1.807, 2.05) is 19.2 Å². The predicted octanol–water partition coefficient (Wildman–Crippen LogP) is 3.45. The van der Waals surface area contributed by atoms with E-state index >= 15 is 0 Å². The van der Waals surface area contributed by atoms with Crippen LogP contribution in [0.5, 0.6) is 0 Å². The average molecular weight is 251 g/mol. The first kappa shape index (κ1) is 12.5. The van der Waals surface area contributed by atoms with E-state index in [4.69, 9.17) is 0 Å². The standard InChI is InChI=1S/C13H15F2N3/c1-2-18-9-12(8-17-18)16-7-10-4-3-5-11(6-10)13(14)15/h3-6,8-9,13,16H,2,7H2,1H3. The number of hydrogen-bond acceptors (Lipinski definition) is 2. The summed E-state index contributed by atoms with van der Waals surface area (Å²) in [5, 5.41) is 7.28. The maximum atomic E-state index is 12.5. The van der Waals surface area contributed by atoms with Gasteiger partial charge >= 0.3 is 0 Å². The molecular formula is C13H15F2N3. The van der Waals surface area contributed by atoms with Gasteiger partial charge in [0.1, 0.15) is 0 Å². The first-order valence-electron chi connectivity index (χ1n) is 5.82. The van der Waals surface area contributed by atoms with Crippen molar-refractivity contribution in [2.45, 2.75) is 26.4 Å². The fourth-order valence-electron chi connectivity index (χ4n) is 1.67. The van der Waals surface area contributed by atoms with Crippen LogP contribution in [-0.2, 0) is 13.1 Å². The number of nitrogens with one attached hydrogen (secondary N) is 1. The van der Waals surface area contributed by atoms with Gasteiger partial charge in [0, 0.05) is 24.8 Å². The largest absolute Gasteiger partial charge is 0.378 e. The number of hydrogen-bond donors (Lipinski definition) is 1. The highest BCUT2D eigenvalue weighted by Crippen LogP contribution is 2.19. The van der Waals surface area contributed by atoms with Crippen molar-refractivity contribution in [3.63, 3.8) is 0 Å². The fraction of sp³-hybridized carbons (Fsp3) is 0.308. The highest BCUT2D eigenvalue weighted by atomic mass is 19.3. The van der Waals surface area contributed by atoms with Gasteiger partial charge in [0.05, 0.1) is 11.9 Å². The zero-order valence-electron chi connectivity index (χ0n) is 10.1. The van der Waals surface area contributed by atoms with Crippen LogP contribution in [0, 0.1) is 0 Å². The minimum atomic E-state index is -2.42. The van der Waals surface area contributed by atoms with Gasteiger partial charge in [-0.1, -0.05) is 18.2 Å². The van der Waals surface area contributed by atoms with Crippen molar-refractivity contribution >= 4 is 5.69 Å². The average Bonchev–Trinajstić information content (AvgIpc) is 2.84. The number of aryl methyl sites for hydroxylation is 1. The van der Waals surface area contributed by atoms with Gasteiger partial charge in [-0.25, -0.2) is 8.78 Å². The molecule has 0 unspecified atom stereocenters. The number of anilines is 1. The third-order valence-electron chi connectivity index (χ3n) is 2.66. The topological polar surface area (TPSA) is 29.9 Å². The van der Waals surface area contributed by atoms with Crippen molar-refractivity contribution in [1.29, 1.82) is 0 Å². The predicted molar refractivity (Wildman–Crippen MR) is 66.6 cm³/mol. The summed E-state index contributed by atoms with van der Waals surface area (Å²) in [6, 6.07) is 6.42. The number of aromatic nitrogens is 2. The molecule has 1 heterocycles. The van der Waals surface area contributed by atoms with Crippen LogP contribution in [0.1, 0.15) is 24.5 Å². The Hall–Kier alpha value is -1.91. The lowest BCUT2D eigenvalue weighted by atomic mass is 10.1. The van der Waals surface area contributed by atoms with E-state index in [2.05, 4.69) is 10.4 Å². The van der Waals surface area contributed by atoms with Crippen molar-refractivity contribution in [3.05, 3.63) is 47.8 Å². The van der Waals surface area contributed by atoms with Gasteiger partial charge < -0.3 is 5.32 Å².